The number of hydrogen-bond acceptors (Lipinski definition) is 5. The van der Waals surface area contributed by atoms with E-state index in [1.807, 2.05) is 32.2 Å². The van der Waals surface area contributed by atoms with Crippen molar-refractivity contribution in [3.63, 3.8) is 0 Å². The zero-order chi connectivity index (χ0) is 23.0. The molecule has 1 aliphatic carbocycles. The minimum atomic E-state index is -1.17. The van der Waals surface area contributed by atoms with Crippen LogP contribution in [-0.4, -0.2) is 31.8 Å². The van der Waals surface area contributed by atoms with Crippen LogP contribution in [0.2, 0.25) is 0 Å². The first-order valence-corrected chi connectivity index (χ1v) is 11.1. The lowest BCUT2D eigenvalue weighted by molar-refractivity contribution is -0.111. The van der Waals surface area contributed by atoms with Crippen molar-refractivity contribution in [2.75, 3.05) is 5.32 Å². The first-order valence-electron chi connectivity index (χ1n) is 11.1. The van der Waals surface area contributed by atoms with E-state index >= 15 is 0 Å². The van der Waals surface area contributed by atoms with Gasteiger partial charge >= 0.3 is 0 Å². The van der Waals surface area contributed by atoms with E-state index in [4.69, 9.17) is 4.98 Å². The summed E-state index contributed by atoms with van der Waals surface area (Å²) < 4.78 is 2.07. The summed E-state index contributed by atoms with van der Waals surface area (Å²) in [6, 6.07) is 9.04. The molecule has 0 saturated heterocycles. The van der Waals surface area contributed by atoms with Gasteiger partial charge in [-0.25, -0.2) is 9.97 Å². The van der Waals surface area contributed by atoms with Crippen molar-refractivity contribution >= 4 is 28.9 Å². The van der Waals surface area contributed by atoms with Crippen LogP contribution in [0.3, 0.4) is 0 Å². The van der Waals surface area contributed by atoms with Gasteiger partial charge in [0, 0.05) is 35.8 Å². The fourth-order valence-corrected chi connectivity index (χ4v) is 4.60. The highest BCUT2D eigenvalue weighted by molar-refractivity contribution is 6.04. The normalized spacial score (nSPS) is 19.2. The molecule has 1 amide bonds. The van der Waals surface area contributed by atoms with Crippen LogP contribution in [0.1, 0.15) is 73.0 Å². The average Bonchev–Trinajstić information content (AvgIpc) is 3.08. The summed E-state index contributed by atoms with van der Waals surface area (Å²) in [5.41, 5.74) is 2.72. The van der Waals surface area contributed by atoms with Gasteiger partial charge in [0.25, 0.3) is 5.91 Å². The number of carbonyl (C=O) groups is 2. The summed E-state index contributed by atoms with van der Waals surface area (Å²) in [6.07, 6.45) is 4.70. The molecule has 1 aliphatic rings. The molecule has 0 bridgehead atoms. The molecular weight excluding hydrogens is 404 g/mol. The van der Waals surface area contributed by atoms with Crippen molar-refractivity contribution in [1.29, 1.82) is 0 Å². The summed E-state index contributed by atoms with van der Waals surface area (Å²) in [5.74, 6) is 1.10. The number of carbonyl (C=O) groups excluding carboxylic acids is 2. The summed E-state index contributed by atoms with van der Waals surface area (Å²) >= 11 is 0. The number of aryl methyl sites for hydroxylation is 2. The molecule has 1 saturated carbocycles. The van der Waals surface area contributed by atoms with E-state index in [1.54, 1.807) is 26.0 Å². The zero-order valence-electron chi connectivity index (χ0n) is 19.1. The predicted octanol–water partition coefficient (Wildman–Crippen LogP) is 4.23. The highest BCUT2D eigenvalue weighted by Crippen LogP contribution is 2.38. The molecule has 0 aliphatic heterocycles. The van der Waals surface area contributed by atoms with Gasteiger partial charge in [-0.15, -0.1) is 0 Å². The van der Waals surface area contributed by atoms with E-state index in [1.165, 1.54) is 0 Å². The standard InChI is InChI=1S/C25H30N4O3/c1-15-6-5-7-19(26-15)24(31)28-20-13-22-21(12-18(20)25(2,3)32)27-23(29(22)4)17-10-8-16(14-30)9-11-17/h5-7,12-14,16-17,32H,8-11H2,1-4H3,(H,28,31). The number of pyridine rings is 1. The number of rotatable bonds is 5. The number of amides is 1. The van der Waals surface area contributed by atoms with E-state index < -0.39 is 5.60 Å². The highest BCUT2D eigenvalue weighted by Gasteiger charge is 2.28. The number of benzene rings is 1. The Kier molecular flexibility index (Phi) is 5.86. The van der Waals surface area contributed by atoms with E-state index in [-0.39, 0.29) is 11.8 Å². The number of anilines is 1. The fraction of sp³-hybridized carbons (Fsp3) is 0.440. The van der Waals surface area contributed by atoms with Crippen LogP contribution in [0.5, 0.6) is 0 Å². The van der Waals surface area contributed by atoms with Crippen molar-refractivity contribution in [1.82, 2.24) is 14.5 Å². The number of aliphatic hydroxyl groups is 1. The molecular formula is C25H30N4O3. The molecule has 0 spiro atoms. The lowest BCUT2D eigenvalue weighted by Gasteiger charge is -2.24. The summed E-state index contributed by atoms with van der Waals surface area (Å²) in [5, 5.41) is 13.7. The maximum atomic E-state index is 12.9. The van der Waals surface area contributed by atoms with Gasteiger partial charge in [-0.2, -0.15) is 0 Å². The van der Waals surface area contributed by atoms with Gasteiger partial charge in [0.15, 0.2) is 0 Å². The number of nitrogens with zero attached hydrogens (tertiary/aromatic N) is 3. The number of hydrogen-bond donors (Lipinski definition) is 2. The van der Waals surface area contributed by atoms with Crippen LogP contribution in [-0.2, 0) is 17.4 Å². The predicted molar refractivity (Wildman–Crippen MR) is 124 cm³/mol. The van der Waals surface area contributed by atoms with Gasteiger partial charge in [0.05, 0.1) is 16.6 Å². The first kappa shape index (κ1) is 22.1. The first-order chi connectivity index (χ1) is 15.2. The molecule has 0 unspecified atom stereocenters. The van der Waals surface area contributed by atoms with Gasteiger partial charge in [-0.05, 0) is 70.7 Å². The molecule has 168 valence electrons. The number of imidazole rings is 1. The quantitative estimate of drug-likeness (QED) is 0.586. The van der Waals surface area contributed by atoms with Crippen molar-refractivity contribution in [3.05, 3.63) is 53.1 Å². The molecule has 0 atom stereocenters. The third-order valence-corrected chi connectivity index (χ3v) is 6.41. The van der Waals surface area contributed by atoms with E-state index in [0.29, 0.717) is 22.9 Å². The van der Waals surface area contributed by atoms with Crippen molar-refractivity contribution in [3.8, 4) is 0 Å². The molecule has 1 fully saturated rings. The second-order valence-corrected chi connectivity index (χ2v) is 9.34. The number of aromatic nitrogens is 3. The second kappa shape index (κ2) is 8.47. The Morgan fingerprint density at radius 2 is 1.91 bits per heavy atom. The van der Waals surface area contributed by atoms with E-state index in [0.717, 1.165) is 54.5 Å². The molecule has 2 aromatic heterocycles. The second-order valence-electron chi connectivity index (χ2n) is 9.34. The van der Waals surface area contributed by atoms with E-state index in [9.17, 15) is 14.7 Å². The van der Waals surface area contributed by atoms with Gasteiger partial charge in [-0.3, -0.25) is 4.79 Å². The number of nitrogens with one attached hydrogen (secondary N) is 1. The van der Waals surface area contributed by atoms with Crippen LogP contribution in [0, 0.1) is 12.8 Å². The van der Waals surface area contributed by atoms with Crippen LogP contribution in [0.25, 0.3) is 11.0 Å². The van der Waals surface area contributed by atoms with Crippen molar-refractivity contribution in [2.24, 2.45) is 13.0 Å². The average molecular weight is 435 g/mol. The van der Waals surface area contributed by atoms with Gasteiger partial charge in [0.2, 0.25) is 0 Å². The molecule has 4 rings (SSSR count). The minimum absolute atomic E-state index is 0.153. The zero-order valence-corrected chi connectivity index (χ0v) is 19.1. The Balaban J connectivity index is 1.73. The maximum Gasteiger partial charge on any atom is 0.274 e. The van der Waals surface area contributed by atoms with Gasteiger partial charge in [-0.1, -0.05) is 6.07 Å². The molecule has 7 heteroatoms. The lowest BCUT2D eigenvalue weighted by Crippen LogP contribution is -2.21. The lowest BCUT2D eigenvalue weighted by atomic mass is 9.82. The van der Waals surface area contributed by atoms with E-state index in [2.05, 4.69) is 14.9 Å². The highest BCUT2D eigenvalue weighted by atomic mass is 16.3. The molecule has 7 nitrogen and oxygen atoms in total. The number of fused-ring (bicyclic) bond motifs is 1. The monoisotopic (exact) mass is 434 g/mol. The maximum absolute atomic E-state index is 12.9. The van der Waals surface area contributed by atoms with Crippen LogP contribution < -0.4 is 5.32 Å². The van der Waals surface area contributed by atoms with Gasteiger partial charge in [0.1, 0.15) is 17.8 Å². The number of aldehydes is 1. The van der Waals surface area contributed by atoms with Crippen molar-refractivity contribution in [2.45, 2.75) is 58.0 Å². The summed E-state index contributed by atoms with van der Waals surface area (Å²) in [7, 11) is 1.98. The molecule has 1 aromatic carbocycles. The Morgan fingerprint density at radius 3 is 2.53 bits per heavy atom. The molecule has 0 radical (unpaired) electrons. The van der Waals surface area contributed by atoms with Crippen LogP contribution in [0.15, 0.2) is 30.3 Å². The summed E-state index contributed by atoms with van der Waals surface area (Å²) in [6.45, 7) is 5.23. The SMILES string of the molecule is Cc1cccc(C(=O)Nc2cc3c(cc2C(C)(C)O)nc(C2CCC(C=O)CC2)n3C)n1. The minimum Gasteiger partial charge on any atom is -0.386 e. The molecule has 32 heavy (non-hydrogen) atoms. The smallest absolute Gasteiger partial charge is 0.274 e. The third kappa shape index (κ3) is 4.30. The van der Waals surface area contributed by atoms with Crippen molar-refractivity contribution < 1.29 is 14.7 Å². The molecule has 3 aromatic rings. The largest absolute Gasteiger partial charge is 0.386 e. The Labute approximate surface area is 187 Å². The van der Waals surface area contributed by atoms with Crippen LogP contribution in [0.4, 0.5) is 5.69 Å². The summed E-state index contributed by atoms with van der Waals surface area (Å²) in [4.78, 5) is 33.2. The topological polar surface area (TPSA) is 97.1 Å². The third-order valence-electron chi connectivity index (χ3n) is 6.41. The Bertz CT molecular complexity index is 1170. The fourth-order valence-electron chi connectivity index (χ4n) is 4.60. The van der Waals surface area contributed by atoms with Gasteiger partial charge < -0.3 is 19.8 Å². The molecule has 2 N–H and O–H groups in total. The Hall–Kier alpha value is -3.06. The van der Waals surface area contributed by atoms with Crippen LogP contribution >= 0.6 is 0 Å². The molecule has 2 heterocycles. The Morgan fingerprint density at radius 1 is 1.19 bits per heavy atom.